The number of halogens is 1. The highest BCUT2D eigenvalue weighted by molar-refractivity contribution is 7.10. The van der Waals surface area contributed by atoms with Gasteiger partial charge in [-0.25, -0.2) is 4.98 Å². The van der Waals surface area contributed by atoms with Crippen LogP contribution in [0.3, 0.4) is 0 Å². The molecule has 7 heteroatoms. The summed E-state index contributed by atoms with van der Waals surface area (Å²) < 4.78 is 0. The van der Waals surface area contributed by atoms with Crippen LogP contribution < -0.4 is 10.2 Å². The first-order chi connectivity index (χ1) is 13.6. The Labute approximate surface area is 174 Å². The molecule has 0 aliphatic carbocycles. The Bertz CT molecular complexity index is 931. The first kappa shape index (κ1) is 19.3. The van der Waals surface area contributed by atoms with Crippen molar-refractivity contribution in [2.45, 2.75) is 38.6 Å². The first-order valence-corrected chi connectivity index (χ1v) is 11.1. The van der Waals surface area contributed by atoms with Crippen LogP contribution in [0.5, 0.6) is 0 Å². The lowest BCUT2D eigenvalue weighted by Gasteiger charge is -2.32. The Hall–Kier alpha value is -2.05. The number of nitrogens with one attached hydrogen (secondary N) is 2. The average Bonchev–Trinajstić information content (AvgIpc) is 3.37. The number of carbonyl (C=O) groups is 1. The number of fused-ring (bicyclic) bond motifs is 1. The fourth-order valence-corrected chi connectivity index (χ4v) is 4.81. The molecule has 1 fully saturated rings. The molecule has 2 aromatic heterocycles. The van der Waals surface area contributed by atoms with Gasteiger partial charge in [-0.3, -0.25) is 4.79 Å². The van der Waals surface area contributed by atoms with Gasteiger partial charge in [-0.2, -0.15) is 0 Å². The molecule has 1 saturated heterocycles. The van der Waals surface area contributed by atoms with Crippen LogP contribution in [0.25, 0.3) is 11.0 Å². The van der Waals surface area contributed by atoms with E-state index in [0.29, 0.717) is 5.02 Å². The van der Waals surface area contributed by atoms with Gasteiger partial charge in [0.05, 0.1) is 17.1 Å². The van der Waals surface area contributed by atoms with E-state index in [1.165, 1.54) is 4.88 Å². The maximum absolute atomic E-state index is 12.8. The molecule has 0 saturated carbocycles. The van der Waals surface area contributed by atoms with Crippen LogP contribution in [0.1, 0.15) is 43.5 Å². The molecule has 4 rings (SSSR count). The third kappa shape index (κ3) is 4.18. The molecule has 1 amide bonds. The van der Waals surface area contributed by atoms with Crippen LogP contribution in [0, 0.1) is 5.92 Å². The minimum absolute atomic E-state index is 0.0643. The Balaban J connectivity index is 1.36. The summed E-state index contributed by atoms with van der Waals surface area (Å²) in [5, 5.41) is 6.06. The largest absolute Gasteiger partial charge is 0.348 e. The summed E-state index contributed by atoms with van der Waals surface area (Å²) in [5.41, 5.74) is 1.86. The molecule has 5 nitrogen and oxygen atoms in total. The molecule has 1 aliphatic heterocycles. The van der Waals surface area contributed by atoms with E-state index in [1.54, 1.807) is 11.3 Å². The van der Waals surface area contributed by atoms with Crippen molar-refractivity contribution in [3.8, 4) is 0 Å². The summed E-state index contributed by atoms with van der Waals surface area (Å²) in [6, 6.07) is 9.97. The van der Waals surface area contributed by atoms with Gasteiger partial charge in [0.2, 0.25) is 11.9 Å². The first-order valence-electron chi connectivity index (χ1n) is 9.88. The number of aromatic nitrogens is 2. The van der Waals surface area contributed by atoms with Gasteiger partial charge in [0.1, 0.15) is 0 Å². The fourth-order valence-electron chi connectivity index (χ4n) is 3.82. The fraction of sp³-hybridized carbons (Fsp3) is 0.429. The monoisotopic (exact) mass is 416 g/mol. The third-order valence-corrected chi connectivity index (χ3v) is 6.60. The molecule has 0 spiro atoms. The van der Waals surface area contributed by atoms with Crippen molar-refractivity contribution in [3.05, 3.63) is 45.6 Å². The van der Waals surface area contributed by atoms with Crippen LogP contribution >= 0.6 is 22.9 Å². The highest BCUT2D eigenvalue weighted by atomic mass is 35.5. The number of piperidine rings is 1. The summed E-state index contributed by atoms with van der Waals surface area (Å²) in [6.45, 7) is 3.80. The van der Waals surface area contributed by atoms with Crippen molar-refractivity contribution in [1.82, 2.24) is 15.3 Å². The Morgan fingerprint density at radius 1 is 1.39 bits per heavy atom. The van der Waals surface area contributed by atoms with E-state index in [9.17, 15) is 4.79 Å². The number of hydrogen-bond acceptors (Lipinski definition) is 4. The van der Waals surface area contributed by atoms with Crippen molar-refractivity contribution in [3.63, 3.8) is 0 Å². The molecule has 1 aromatic carbocycles. The average molecular weight is 417 g/mol. The molecule has 3 aromatic rings. The summed E-state index contributed by atoms with van der Waals surface area (Å²) >= 11 is 7.78. The number of anilines is 1. The molecule has 1 aliphatic rings. The lowest BCUT2D eigenvalue weighted by molar-refractivity contribution is -0.126. The van der Waals surface area contributed by atoms with Gasteiger partial charge in [-0.05, 0) is 48.9 Å². The van der Waals surface area contributed by atoms with Crippen molar-refractivity contribution >= 4 is 45.8 Å². The summed E-state index contributed by atoms with van der Waals surface area (Å²) in [6.07, 6.45) is 3.71. The minimum atomic E-state index is 0.0643. The number of rotatable bonds is 6. The quantitative estimate of drug-likeness (QED) is 0.584. The van der Waals surface area contributed by atoms with Gasteiger partial charge in [0.15, 0.2) is 0 Å². The van der Waals surface area contributed by atoms with E-state index in [-0.39, 0.29) is 17.9 Å². The summed E-state index contributed by atoms with van der Waals surface area (Å²) in [4.78, 5) is 24.3. The molecule has 3 heterocycles. The lowest BCUT2D eigenvalue weighted by Crippen LogP contribution is -2.41. The number of nitrogens with zero attached hydrogens (tertiary/aromatic N) is 2. The minimum Gasteiger partial charge on any atom is -0.348 e. The van der Waals surface area contributed by atoms with Crippen molar-refractivity contribution in [1.29, 1.82) is 0 Å². The number of thiophene rings is 1. The molecule has 1 atom stereocenters. The van der Waals surface area contributed by atoms with E-state index in [0.717, 1.165) is 55.8 Å². The number of carbonyl (C=O) groups excluding carboxylic acids is 1. The summed E-state index contributed by atoms with van der Waals surface area (Å²) in [7, 11) is 0. The van der Waals surface area contributed by atoms with Crippen LogP contribution in [-0.4, -0.2) is 29.0 Å². The van der Waals surface area contributed by atoms with Gasteiger partial charge in [0, 0.05) is 28.9 Å². The van der Waals surface area contributed by atoms with Crippen molar-refractivity contribution < 1.29 is 4.79 Å². The predicted molar refractivity (Wildman–Crippen MR) is 116 cm³/mol. The highest BCUT2D eigenvalue weighted by Gasteiger charge is 2.28. The lowest BCUT2D eigenvalue weighted by atomic mass is 9.95. The van der Waals surface area contributed by atoms with Crippen LogP contribution in [0.4, 0.5) is 5.95 Å². The highest BCUT2D eigenvalue weighted by Crippen LogP contribution is 2.27. The maximum Gasteiger partial charge on any atom is 0.223 e. The van der Waals surface area contributed by atoms with Gasteiger partial charge in [-0.15, -0.1) is 11.3 Å². The Morgan fingerprint density at radius 2 is 2.21 bits per heavy atom. The number of aromatic amines is 1. The smallest absolute Gasteiger partial charge is 0.223 e. The van der Waals surface area contributed by atoms with Gasteiger partial charge in [-0.1, -0.05) is 31.0 Å². The standard InChI is InChI=1S/C21H25ClN4OS/c1-2-4-17(19-5-3-12-28-19)23-20(27)14-8-10-26(11-9-14)21-24-16-7-6-15(22)13-18(16)25-21/h3,5-7,12-14,17H,2,4,8-11H2,1H3,(H,23,27)(H,24,25). The molecule has 2 N–H and O–H groups in total. The van der Waals surface area contributed by atoms with Crippen molar-refractivity contribution in [2.24, 2.45) is 5.92 Å². The van der Waals surface area contributed by atoms with Crippen LogP contribution in [-0.2, 0) is 4.79 Å². The zero-order valence-corrected chi connectivity index (χ0v) is 17.5. The number of benzene rings is 1. The van der Waals surface area contributed by atoms with E-state index >= 15 is 0 Å². The van der Waals surface area contributed by atoms with Crippen LogP contribution in [0.15, 0.2) is 35.7 Å². The number of imidazole rings is 1. The SMILES string of the molecule is CCCC(NC(=O)C1CCN(c2nc3ccc(Cl)cc3[nH]2)CC1)c1cccs1. The molecule has 1 unspecified atom stereocenters. The predicted octanol–water partition coefficient (Wildman–Crippen LogP) is 5.15. The van der Waals surface area contributed by atoms with Crippen LogP contribution in [0.2, 0.25) is 5.02 Å². The second kappa shape index (κ2) is 8.53. The summed E-state index contributed by atoms with van der Waals surface area (Å²) in [5.74, 6) is 1.11. The van der Waals surface area contributed by atoms with Gasteiger partial charge >= 0.3 is 0 Å². The second-order valence-corrected chi connectivity index (χ2v) is 8.76. The van der Waals surface area contributed by atoms with Gasteiger partial charge < -0.3 is 15.2 Å². The second-order valence-electron chi connectivity index (χ2n) is 7.35. The van der Waals surface area contributed by atoms with E-state index in [1.807, 2.05) is 24.3 Å². The zero-order valence-electron chi connectivity index (χ0n) is 16.0. The zero-order chi connectivity index (χ0) is 19.5. The molecule has 28 heavy (non-hydrogen) atoms. The van der Waals surface area contributed by atoms with E-state index < -0.39 is 0 Å². The van der Waals surface area contributed by atoms with E-state index in [2.05, 4.69) is 38.6 Å². The molecule has 0 radical (unpaired) electrons. The Morgan fingerprint density at radius 3 is 2.93 bits per heavy atom. The number of H-pyrrole nitrogens is 1. The number of amides is 1. The topological polar surface area (TPSA) is 61.0 Å². The van der Waals surface area contributed by atoms with Crippen molar-refractivity contribution in [2.75, 3.05) is 18.0 Å². The third-order valence-electron chi connectivity index (χ3n) is 5.38. The number of hydrogen-bond donors (Lipinski definition) is 2. The van der Waals surface area contributed by atoms with Gasteiger partial charge in [0.25, 0.3) is 0 Å². The maximum atomic E-state index is 12.8. The Kier molecular flexibility index (Phi) is 5.87. The molecular weight excluding hydrogens is 392 g/mol. The molecule has 0 bridgehead atoms. The molecule has 148 valence electrons. The van der Waals surface area contributed by atoms with E-state index in [4.69, 9.17) is 11.6 Å². The molecular formula is C21H25ClN4OS. The normalized spacial score (nSPS) is 16.4.